The van der Waals surface area contributed by atoms with Crippen LogP contribution in [-0.4, -0.2) is 0 Å². The molecule has 0 saturated heterocycles. The van der Waals surface area contributed by atoms with Crippen LogP contribution in [0.25, 0.3) is 77.2 Å². The van der Waals surface area contributed by atoms with Gasteiger partial charge in [0.25, 0.3) is 0 Å². The predicted molar refractivity (Wildman–Crippen MR) is 228 cm³/mol. The van der Waals surface area contributed by atoms with E-state index in [2.05, 4.69) is 6.07 Å². The largest absolute Gasteiger partial charge is 0.455 e. The molecule has 0 fully saturated rings. The number of furan rings is 1. The standard InChI is InChI=1S/C52H35NO/c1-3-14-36(15-4-1)37-26-28-38(29-27-37)39-30-33-42(34-31-39)53(49-24-11-9-19-43(49)40-16-5-2-6-17-40)50-25-12-10-21-45(50)46-22-13-23-47-48-35-32-41-18-7-8-20-44(41)51(48)54-52(46)47/h1-35H/i1D,3D,4D,14D,15D,26D,27D,28D,29D,30D,31D,33D,34D. The van der Waals surface area contributed by atoms with Gasteiger partial charge in [-0.2, -0.15) is 0 Å². The minimum absolute atomic E-state index is 0.164. The smallest absolute Gasteiger partial charge is 0.143 e. The molecule has 1 heterocycles. The molecule has 0 radical (unpaired) electrons. The van der Waals surface area contributed by atoms with Crippen LogP contribution in [0.4, 0.5) is 17.1 Å². The molecule has 0 atom stereocenters. The molecular formula is C52H35NO. The van der Waals surface area contributed by atoms with Gasteiger partial charge in [-0.3, -0.25) is 0 Å². The zero-order valence-electron chi connectivity index (χ0n) is 41.6. The maximum atomic E-state index is 9.76. The normalized spacial score (nSPS) is 14.7. The van der Waals surface area contributed by atoms with E-state index in [0.717, 1.165) is 32.7 Å². The number of para-hydroxylation sites is 3. The average molecular weight is 703 g/mol. The number of hydrogen-bond donors (Lipinski definition) is 0. The van der Waals surface area contributed by atoms with E-state index in [4.69, 9.17) is 16.8 Å². The number of anilines is 3. The molecule has 254 valence electrons. The lowest BCUT2D eigenvalue weighted by atomic mass is 9.97. The van der Waals surface area contributed by atoms with Crippen molar-refractivity contribution in [1.29, 1.82) is 0 Å². The number of nitrogens with zero attached hydrogens (tertiary/aromatic N) is 1. The third kappa shape index (κ3) is 5.53. The molecule has 0 N–H and O–H groups in total. The second-order valence-corrected chi connectivity index (χ2v) is 12.7. The number of hydrogen-bond acceptors (Lipinski definition) is 2. The van der Waals surface area contributed by atoms with Crippen LogP contribution < -0.4 is 4.90 Å². The Morgan fingerprint density at radius 1 is 0.352 bits per heavy atom. The molecule has 9 aromatic carbocycles. The van der Waals surface area contributed by atoms with Crippen molar-refractivity contribution in [3.05, 3.63) is 212 Å². The first-order valence-corrected chi connectivity index (χ1v) is 17.4. The van der Waals surface area contributed by atoms with E-state index >= 15 is 0 Å². The maximum Gasteiger partial charge on any atom is 0.143 e. The Kier molecular flexibility index (Phi) is 5.17. The van der Waals surface area contributed by atoms with Crippen LogP contribution in [0.3, 0.4) is 0 Å². The molecular weight excluding hydrogens is 655 g/mol. The molecule has 2 heteroatoms. The van der Waals surface area contributed by atoms with Crippen molar-refractivity contribution in [2.75, 3.05) is 4.90 Å². The lowest BCUT2D eigenvalue weighted by molar-refractivity contribution is 0.674. The fraction of sp³-hybridized carbons (Fsp3) is 0. The molecule has 10 rings (SSSR count). The van der Waals surface area contributed by atoms with E-state index in [1.165, 1.54) is 0 Å². The van der Waals surface area contributed by atoms with Crippen LogP contribution in [0.5, 0.6) is 0 Å². The van der Waals surface area contributed by atoms with Gasteiger partial charge in [0.2, 0.25) is 0 Å². The molecule has 0 amide bonds. The summed E-state index contributed by atoms with van der Waals surface area (Å²) in [5, 5.41) is 3.76. The summed E-state index contributed by atoms with van der Waals surface area (Å²) in [4.78, 5) is 1.68. The van der Waals surface area contributed by atoms with Gasteiger partial charge in [-0.1, -0.05) is 182 Å². The fourth-order valence-electron chi connectivity index (χ4n) is 7.02. The summed E-state index contributed by atoms with van der Waals surface area (Å²) < 4.78 is 123. The molecule has 0 aliphatic heterocycles. The van der Waals surface area contributed by atoms with Crippen molar-refractivity contribution in [2.45, 2.75) is 0 Å². The van der Waals surface area contributed by atoms with Crippen LogP contribution >= 0.6 is 0 Å². The summed E-state index contributed by atoms with van der Waals surface area (Å²) >= 11 is 0. The zero-order chi connectivity index (χ0) is 47.2. The van der Waals surface area contributed by atoms with Crippen molar-refractivity contribution in [3.8, 4) is 44.5 Å². The summed E-state index contributed by atoms with van der Waals surface area (Å²) in [6, 6.07) is 33.1. The van der Waals surface area contributed by atoms with E-state index in [-0.39, 0.29) is 5.69 Å². The SMILES string of the molecule is [2H]c1c([2H])c([2H])c(-c2c([2H])c([2H])c(-c3c([2H])c([2H])c(N(c4ccccc4-c4ccccc4)c4ccccc4-c4cccc5c4oc4c6ccccc6ccc54)c([2H])c3[2H])c([2H])c2[2H])c([2H])c1[2H]. The lowest BCUT2D eigenvalue weighted by Crippen LogP contribution is -2.12. The Hall–Kier alpha value is -7.16. The van der Waals surface area contributed by atoms with E-state index in [1.807, 2.05) is 127 Å². The summed E-state index contributed by atoms with van der Waals surface area (Å²) in [5.41, 5.74) is 2.83. The van der Waals surface area contributed by atoms with Gasteiger partial charge in [0, 0.05) is 38.5 Å². The van der Waals surface area contributed by atoms with Crippen LogP contribution in [0.1, 0.15) is 17.8 Å². The van der Waals surface area contributed by atoms with Gasteiger partial charge in [0.1, 0.15) is 11.2 Å². The van der Waals surface area contributed by atoms with Crippen LogP contribution in [0.2, 0.25) is 0 Å². The fourth-order valence-corrected chi connectivity index (χ4v) is 7.02. The Bertz CT molecular complexity index is 3610. The van der Waals surface area contributed by atoms with Gasteiger partial charge in [-0.05, 0) is 63.5 Å². The minimum Gasteiger partial charge on any atom is -0.455 e. The highest BCUT2D eigenvalue weighted by Gasteiger charge is 2.22. The number of fused-ring (bicyclic) bond motifs is 5. The highest BCUT2D eigenvalue weighted by Crippen LogP contribution is 2.47. The van der Waals surface area contributed by atoms with E-state index in [9.17, 15) is 5.48 Å². The zero-order valence-corrected chi connectivity index (χ0v) is 28.6. The Morgan fingerprint density at radius 2 is 0.889 bits per heavy atom. The van der Waals surface area contributed by atoms with Gasteiger partial charge in [0.05, 0.1) is 29.2 Å². The van der Waals surface area contributed by atoms with E-state index in [0.29, 0.717) is 33.6 Å². The summed E-state index contributed by atoms with van der Waals surface area (Å²) in [7, 11) is 0. The molecule has 10 aromatic rings. The van der Waals surface area contributed by atoms with Crippen LogP contribution in [0.15, 0.2) is 216 Å². The van der Waals surface area contributed by atoms with Crippen LogP contribution in [0, 0.1) is 0 Å². The highest BCUT2D eigenvalue weighted by molar-refractivity contribution is 6.17. The lowest BCUT2D eigenvalue weighted by Gasteiger charge is -2.30. The average Bonchev–Trinajstić information content (AvgIpc) is 3.75. The molecule has 0 spiro atoms. The monoisotopic (exact) mass is 702 g/mol. The first-order valence-electron chi connectivity index (χ1n) is 23.9. The van der Waals surface area contributed by atoms with E-state index in [1.54, 1.807) is 4.90 Å². The van der Waals surface area contributed by atoms with Crippen molar-refractivity contribution in [1.82, 2.24) is 0 Å². The topological polar surface area (TPSA) is 16.4 Å². The second-order valence-electron chi connectivity index (χ2n) is 12.7. The van der Waals surface area contributed by atoms with Gasteiger partial charge >= 0.3 is 0 Å². The van der Waals surface area contributed by atoms with Crippen LogP contribution in [-0.2, 0) is 0 Å². The van der Waals surface area contributed by atoms with Crippen molar-refractivity contribution in [2.24, 2.45) is 0 Å². The van der Waals surface area contributed by atoms with Crippen molar-refractivity contribution >= 4 is 49.8 Å². The molecule has 0 aliphatic rings. The van der Waals surface area contributed by atoms with Gasteiger partial charge < -0.3 is 9.32 Å². The summed E-state index contributed by atoms with van der Waals surface area (Å²) in [6.45, 7) is 0. The van der Waals surface area contributed by atoms with Gasteiger partial charge in [0.15, 0.2) is 0 Å². The summed E-state index contributed by atoms with van der Waals surface area (Å²) in [5.74, 6) is 0. The van der Waals surface area contributed by atoms with E-state index < -0.39 is 101 Å². The Labute approximate surface area is 333 Å². The van der Waals surface area contributed by atoms with Crippen molar-refractivity contribution in [3.63, 3.8) is 0 Å². The Balaban J connectivity index is 1.24. The molecule has 1 aromatic heterocycles. The third-order valence-electron chi connectivity index (χ3n) is 9.51. The molecule has 2 nitrogen and oxygen atoms in total. The molecule has 0 aliphatic carbocycles. The quantitative estimate of drug-likeness (QED) is 0.164. The van der Waals surface area contributed by atoms with Crippen molar-refractivity contribution < 1.29 is 22.2 Å². The molecule has 0 unspecified atom stereocenters. The molecule has 0 bridgehead atoms. The number of rotatable bonds is 7. The van der Waals surface area contributed by atoms with Gasteiger partial charge in [-0.15, -0.1) is 0 Å². The molecule has 54 heavy (non-hydrogen) atoms. The third-order valence-corrected chi connectivity index (χ3v) is 9.51. The first kappa shape index (κ1) is 20.8. The second kappa shape index (κ2) is 13.4. The molecule has 0 saturated carbocycles. The number of benzene rings is 9. The highest BCUT2D eigenvalue weighted by atomic mass is 16.3. The Morgan fingerprint density at radius 3 is 1.63 bits per heavy atom. The van der Waals surface area contributed by atoms with Gasteiger partial charge in [-0.25, -0.2) is 0 Å². The predicted octanol–water partition coefficient (Wildman–Crippen LogP) is 14.9. The summed E-state index contributed by atoms with van der Waals surface area (Å²) in [6.07, 6.45) is 0. The first-order chi connectivity index (χ1) is 32.2. The minimum atomic E-state index is -0.782. The maximum absolute atomic E-state index is 9.76.